The molecule has 5 heteroatoms. The third kappa shape index (κ3) is 5.79. The molecule has 130 valence electrons. The zero-order chi connectivity index (χ0) is 16.7. The molecular formula is C18H32N4S. The van der Waals surface area contributed by atoms with Crippen LogP contribution in [0, 0.1) is 11.8 Å². The number of thiazole rings is 1. The maximum atomic E-state index is 4.62. The van der Waals surface area contributed by atoms with E-state index >= 15 is 0 Å². The van der Waals surface area contributed by atoms with Crippen molar-refractivity contribution in [1.29, 1.82) is 0 Å². The molecule has 1 saturated carbocycles. The Morgan fingerprint density at radius 3 is 2.74 bits per heavy atom. The second kappa shape index (κ2) is 9.26. The lowest BCUT2D eigenvalue weighted by atomic mass is 9.83. The van der Waals surface area contributed by atoms with Crippen LogP contribution < -0.4 is 5.32 Å². The van der Waals surface area contributed by atoms with Gasteiger partial charge in [0.1, 0.15) is 0 Å². The van der Waals surface area contributed by atoms with Gasteiger partial charge in [0.25, 0.3) is 0 Å². The van der Waals surface area contributed by atoms with Crippen molar-refractivity contribution in [3.63, 3.8) is 0 Å². The van der Waals surface area contributed by atoms with Crippen molar-refractivity contribution in [3.8, 4) is 0 Å². The predicted octanol–water partition coefficient (Wildman–Crippen LogP) is 3.58. The first-order chi connectivity index (χ1) is 11.1. The van der Waals surface area contributed by atoms with Crippen LogP contribution in [0.4, 0.5) is 0 Å². The van der Waals surface area contributed by atoms with Gasteiger partial charge in [0.15, 0.2) is 5.96 Å². The zero-order valence-corrected chi connectivity index (χ0v) is 16.0. The van der Waals surface area contributed by atoms with Gasteiger partial charge in [0.05, 0.1) is 10.7 Å². The summed E-state index contributed by atoms with van der Waals surface area (Å²) in [6.07, 6.45) is 7.48. The molecular weight excluding hydrogens is 304 g/mol. The normalized spacial score (nSPS) is 22.2. The number of rotatable bonds is 6. The first-order valence-electron chi connectivity index (χ1n) is 8.97. The van der Waals surface area contributed by atoms with Crippen molar-refractivity contribution in [2.24, 2.45) is 16.8 Å². The van der Waals surface area contributed by atoms with Gasteiger partial charge in [-0.25, -0.2) is 4.98 Å². The molecule has 0 aromatic carbocycles. The van der Waals surface area contributed by atoms with E-state index in [2.05, 4.69) is 46.5 Å². The van der Waals surface area contributed by atoms with Crippen molar-refractivity contribution in [3.05, 3.63) is 16.1 Å². The summed E-state index contributed by atoms with van der Waals surface area (Å²) >= 11 is 1.76. The lowest BCUT2D eigenvalue weighted by molar-refractivity contribution is 0.250. The van der Waals surface area contributed by atoms with E-state index in [4.69, 9.17) is 0 Å². The second-order valence-corrected chi connectivity index (χ2v) is 7.76. The Morgan fingerprint density at radius 2 is 2.13 bits per heavy atom. The number of aliphatic imine (C=N–C) groups is 1. The number of aryl methyl sites for hydroxylation is 1. The quantitative estimate of drug-likeness (QED) is 0.637. The van der Waals surface area contributed by atoms with Gasteiger partial charge in [-0.3, -0.25) is 4.99 Å². The Labute approximate surface area is 145 Å². The van der Waals surface area contributed by atoms with E-state index in [1.54, 1.807) is 11.3 Å². The zero-order valence-electron chi connectivity index (χ0n) is 15.1. The van der Waals surface area contributed by atoms with Crippen LogP contribution in [-0.2, 0) is 12.8 Å². The SMILES string of the molecule is CCc1nc(CCNC(=NC)N(C)CC2CCC(C)CC2)cs1. The summed E-state index contributed by atoms with van der Waals surface area (Å²) in [5.41, 5.74) is 1.19. The maximum absolute atomic E-state index is 4.62. The highest BCUT2D eigenvalue weighted by Crippen LogP contribution is 2.28. The second-order valence-electron chi connectivity index (χ2n) is 6.82. The van der Waals surface area contributed by atoms with Gasteiger partial charge >= 0.3 is 0 Å². The number of nitrogens with one attached hydrogen (secondary N) is 1. The van der Waals surface area contributed by atoms with Crippen LogP contribution in [0.5, 0.6) is 0 Å². The minimum absolute atomic E-state index is 0.820. The fourth-order valence-corrected chi connectivity index (χ4v) is 4.08. The smallest absolute Gasteiger partial charge is 0.193 e. The third-order valence-corrected chi connectivity index (χ3v) is 5.85. The topological polar surface area (TPSA) is 40.5 Å². The van der Waals surface area contributed by atoms with Gasteiger partial charge in [-0.2, -0.15) is 0 Å². The predicted molar refractivity (Wildman–Crippen MR) is 100 cm³/mol. The Balaban J connectivity index is 1.73. The molecule has 1 aromatic rings. The molecule has 0 unspecified atom stereocenters. The molecule has 1 fully saturated rings. The van der Waals surface area contributed by atoms with Crippen LogP contribution in [0.2, 0.25) is 0 Å². The first kappa shape index (κ1) is 18.2. The highest BCUT2D eigenvalue weighted by molar-refractivity contribution is 7.09. The monoisotopic (exact) mass is 336 g/mol. The van der Waals surface area contributed by atoms with E-state index in [9.17, 15) is 0 Å². The number of guanidine groups is 1. The number of hydrogen-bond acceptors (Lipinski definition) is 3. The lowest BCUT2D eigenvalue weighted by Crippen LogP contribution is -2.42. The van der Waals surface area contributed by atoms with Gasteiger partial charge in [0.2, 0.25) is 0 Å². The average molecular weight is 337 g/mol. The van der Waals surface area contributed by atoms with Crippen molar-refractivity contribution >= 4 is 17.3 Å². The molecule has 2 rings (SSSR count). The van der Waals surface area contributed by atoms with E-state index in [1.165, 1.54) is 36.4 Å². The minimum atomic E-state index is 0.820. The molecule has 0 amide bonds. The first-order valence-corrected chi connectivity index (χ1v) is 9.85. The van der Waals surface area contributed by atoms with Crippen molar-refractivity contribution in [2.75, 3.05) is 27.2 Å². The summed E-state index contributed by atoms with van der Waals surface area (Å²) in [4.78, 5) is 11.3. The van der Waals surface area contributed by atoms with Crippen LogP contribution in [0.1, 0.15) is 50.2 Å². The summed E-state index contributed by atoms with van der Waals surface area (Å²) in [6, 6.07) is 0. The van der Waals surface area contributed by atoms with E-state index in [0.717, 1.165) is 43.7 Å². The van der Waals surface area contributed by atoms with Gasteiger partial charge in [0, 0.05) is 39.0 Å². The maximum Gasteiger partial charge on any atom is 0.193 e. The molecule has 23 heavy (non-hydrogen) atoms. The molecule has 0 aliphatic heterocycles. The number of nitrogens with zero attached hydrogens (tertiary/aromatic N) is 3. The van der Waals surface area contributed by atoms with Crippen LogP contribution in [0.25, 0.3) is 0 Å². The fourth-order valence-electron chi connectivity index (χ4n) is 3.30. The molecule has 1 heterocycles. The van der Waals surface area contributed by atoms with Gasteiger partial charge in [-0.05, 0) is 31.1 Å². The average Bonchev–Trinajstić information content (AvgIpc) is 3.01. The van der Waals surface area contributed by atoms with Crippen molar-refractivity contribution < 1.29 is 0 Å². The molecule has 1 N–H and O–H groups in total. The molecule has 1 aromatic heterocycles. The standard InChI is InChI=1S/C18H32N4S/c1-5-17-21-16(13-23-17)10-11-20-18(19-3)22(4)12-15-8-6-14(2)7-9-15/h13-15H,5-12H2,1-4H3,(H,19,20). The Morgan fingerprint density at radius 1 is 1.39 bits per heavy atom. The largest absolute Gasteiger partial charge is 0.356 e. The molecule has 1 aliphatic carbocycles. The fraction of sp³-hybridized carbons (Fsp3) is 0.778. The lowest BCUT2D eigenvalue weighted by Gasteiger charge is -2.31. The molecule has 0 spiro atoms. The minimum Gasteiger partial charge on any atom is -0.356 e. The number of aromatic nitrogens is 1. The summed E-state index contributed by atoms with van der Waals surface area (Å²) in [5, 5.41) is 6.89. The molecule has 0 radical (unpaired) electrons. The molecule has 0 saturated heterocycles. The third-order valence-electron chi connectivity index (χ3n) is 4.81. The van der Waals surface area contributed by atoms with E-state index < -0.39 is 0 Å². The molecule has 0 bridgehead atoms. The molecule has 1 aliphatic rings. The summed E-state index contributed by atoms with van der Waals surface area (Å²) in [7, 11) is 4.03. The van der Waals surface area contributed by atoms with Crippen LogP contribution in [-0.4, -0.2) is 43.0 Å². The van der Waals surface area contributed by atoms with Gasteiger partial charge in [-0.15, -0.1) is 11.3 Å². The summed E-state index contributed by atoms with van der Waals surface area (Å²) in [5.74, 6) is 2.75. The van der Waals surface area contributed by atoms with Crippen LogP contribution >= 0.6 is 11.3 Å². The van der Waals surface area contributed by atoms with E-state index in [0.29, 0.717) is 0 Å². The van der Waals surface area contributed by atoms with Crippen LogP contribution in [0.15, 0.2) is 10.4 Å². The van der Waals surface area contributed by atoms with Crippen molar-refractivity contribution in [2.45, 2.75) is 52.4 Å². The van der Waals surface area contributed by atoms with Crippen molar-refractivity contribution in [1.82, 2.24) is 15.2 Å². The molecule has 0 atom stereocenters. The summed E-state index contributed by atoms with van der Waals surface area (Å²) < 4.78 is 0. The summed E-state index contributed by atoms with van der Waals surface area (Å²) in [6.45, 7) is 6.54. The van der Waals surface area contributed by atoms with E-state index in [1.807, 2.05) is 7.05 Å². The highest BCUT2D eigenvalue weighted by atomic mass is 32.1. The van der Waals surface area contributed by atoms with Crippen LogP contribution in [0.3, 0.4) is 0 Å². The highest BCUT2D eigenvalue weighted by Gasteiger charge is 2.20. The Kier molecular flexibility index (Phi) is 7.34. The Bertz CT molecular complexity index is 489. The van der Waals surface area contributed by atoms with Gasteiger partial charge < -0.3 is 10.2 Å². The Hall–Kier alpha value is -1.10. The van der Waals surface area contributed by atoms with E-state index in [-0.39, 0.29) is 0 Å². The van der Waals surface area contributed by atoms with Gasteiger partial charge in [-0.1, -0.05) is 26.7 Å². The molecule has 4 nitrogen and oxygen atoms in total. The number of hydrogen-bond donors (Lipinski definition) is 1.